The van der Waals surface area contributed by atoms with Crippen molar-refractivity contribution < 1.29 is 18.4 Å². The van der Waals surface area contributed by atoms with Crippen molar-refractivity contribution in [1.29, 1.82) is 0 Å². The van der Waals surface area contributed by atoms with Crippen molar-refractivity contribution in [3.63, 3.8) is 0 Å². The molecule has 40 heavy (non-hydrogen) atoms. The maximum Gasteiger partial charge on any atom is 0.256 e. The van der Waals surface area contributed by atoms with Crippen molar-refractivity contribution in [2.24, 2.45) is 0 Å². The fourth-order valence-electron chi connectivity index (χ4n) is 5.66. The Kier molecular flexibility index (Phi) is 7.27. The van der Waals surface area contributed by atoms with E-state index in [0.717, 1.165) is 47.8 Å². The summed E-state index contributed by atoms with van der Waals surface area (Å²) in [6, 6.07) is 10.1. The third-order valence-corrected chi connectivity index (χ3v) is 9.08. The van der Waals surface area contributed by atoms with Crippen LogP contribution in [0.2, 0.25) is 0 Å². The van der Waals surface area contributed by atoms with Gasteiger partial charge in [-0.05, 0) is 81.5 Å². The van der Waals surface area contributed by atoms with Crippen LogP contribution >= 0.6 is 11.8 Å². The number of nitrogens with one attached hydrogen (secondary N) is 3. The van der Waals surface area contributed by atoms with E-state index in [0.29, 0.717) is 28.4 Å². The second-order valence-corrected chi connectivity index (χ2v) is 11.9. The molecule has 6 rings (SSSR count). The molecule has 0 radical (unpaired) electrons. The molecule has 6 nitrogen and oxygen atoms in total. The van der Waals surface area contributed by atoms with Crippen LogP contribution in [0.15, 0.2) is 41.3 Å². The molecule has 1 aliphatic carbocycles. The van der Waals surface area contributed by atoms with Crippen molar-refractivity contribution in [2.75, 3.05) is 18.4 Å². The van der Waals surface area contributed by atoms with E-state index in [9.17, 15) is 18.4 Å². The topological polar surface area (TPSA) is 77.2 Å². The van der Waals surface area contributed by atoms with E-state index in [4.69, 9.17) is 0 Å². The van der Waals surface area contributed by atoms with Gasteiger partial charge in [0.05, 0.1) is 11.1 Å². The van der Waals surface area contributed by atoms with Crippen LogP contribution < -0.4 is 10.6 Å². The van der Waals surface area contributed by atoms with E-state index < -0.39 is 11.6 Å². The first-order valence-electron chi connectivity index (χ1n) is 13.8. The van der Waals surface area contributed by atoms with Gasteiger partial charge < -0.3 is 20.5 Å². The number of thioether (sulfide) groups is 1. The summed E-state index contributed by atoms with van der Waals surface area (Å²) < 4.78 is 28.2. The predicted molar refractivity (Wildman–Crippen MR) is 154 cm³/mol. The lowest BCUT2D eigenvalue weighted by Crippen LogP contribution is -2.42. The first-order chi connectivity index (χ1) is 19.3. The fraction of sp³-hybridized carbons (Fsp3) is 0.355. The zero-order chi connectivity index (χ0) is 28.0. The van der Waals surface area contributed by atoms with Crippen molar-refractivity contribution in [2.45, 2.75) is 62.3 Å². The largest absolute Gasteiger partial charge is 0.358 e. The number of hydrogen-bond donors (Lipinski definition) is 3. The Morgan fingerprint density at radius 1 is 1.15 bits per heavy atom. The van der Waals surface area contributed by atoms with Gasteiger partial charge in [-0.3, -0.25) is 9.59 Å². The summed E-state index contributed by atoms with van der Waals surface area (Å²) in [5, 5.41) is 6.46. The van der Waals surface area contributed by atoms with Gasteiger partial charge in [0.15, 0.2) is 0 Å². The number of carbonyl (C=O) groups is 2. The fourth-order valence-corrected chi connectivity index (χ4v) is 6.61. The van der Waals surface area contributed by atoms with Gasteiger partial charge >= 0.3 is 0 Å². The van der Waals surface area contributed by atoms with Crippen molar-refractivity contribution in [1.82, 2.24) is 15.2 Å². The molecule has 0 unspecified atom stereocenters. The molecule has 2 aromatic carbocycles. The third-order valence-electron chi connectivity index (χ3n) is 8.06. The quantitative estimate of drug-likeness (QED) is 0.231. The smallest absolute Gasteiger partial charge is 0.256 e. The lowest BCUT2D eigenvalue weighted by Gasteiger charge is -2.25. The summed E-state index contributed by atoms with van der Waals surface area (Å²) in [6.45, 7) is 5.40. The number of hydrogen-bond acceptors (Lipinski definition) is 4. The molecule has 3 aromatic rings. The predicted octanol–water partition coefficient (Wildman–Crippen LogP) is 6.05. The molecule has 9 heteroatoms. The van der Waals surface area contributed by atoms with E-state index in [1.165, 1.54) is 42.8 Å². The molecule has 208 valence electrons. The van der Waals surface area contributed by atoms with E-state index in [1.807, 2.05) is 30.9 Å². The highest BCUT2D eigenvalue weighted by Gasteiger charge is 2.33. The number of benzene rings is 2. The number of anilines is 1. The summed E-state index contributed by atoms with van der Waals surface area (Å²) in [5.41, 5.74) is 4.88. The maximum absolute atomic E-state index is 14.1. The molecule has 3 heterocycles. The number of rotatable bonds is 8. The number of carbonyl (C=O) groups excluding carboxylic acids is 2. The molecule has 1 atom stereocenters. The highest BCUT2D eigenvalue weighted by molar-refractivity contribution is 7.98. The van der Waals surface area contributed by atoms with Crippen molar-refractivity contribution in [3.8, 4) is 0 Å². The number of halogens is 2. The number of H-pyrrole nitrogens is 1. The number of fused-ring (bicyclic) bond motifs is 1. The minimum atomic E-state index is -0.576. The van der Waals surface area contributed by atoms with Crippen LogP contribution in [0.25, 0.3) is 11.6 Å². The summed E-state index contributed by atoms with van der Waals surface area (Å²) in [4.78, 5) is 32.8. The second kappa shape index (κ2) is 10.9. The zero-order valence-electron chi connectivity index (χ0n) is 22.6. The average Bonchev–Trinajstić information content (AvgIpc) is 3.44. The van der Waals surface area contributed by atoms with Crippen LogP contribution in [-0.2, 0) is 10.5 Å². The van der Waals surface area contributed by atoms with Crippen molar-refractivity contribution >= 4 is 40.9 Å². The Bertz CT molecular complexity index is 1510. The minimum Gasteiger partial charge on any atom is -0.358 e. The Labute approximate surface area is 236 Å². The number of aryl methyl sites for hydroxylation is 1. The lowest BCUT2D eigenvalue weighted by molar-refractivity contribution is -0.110. The summed E-state index contributed by atoms with van der Waals surface area (Å²) >= 11 is 1.31. The van der Waals surface area contributed by atoms with Crippen LogP contribution in [-0.4, -0.2) is 46.9 Å². The van der Waals surface area contributed by atoms with Crippen LogP contribution in [0.3, 0.4) is 0 Å². The number of aromatic nitrogens is 1. The van der Waals surface area contributed by atoms with Gasteiger partial charge in [-0.1, -0.05) is 6.07 Å². The molecule has 3 N–H and O–H groups in total. The van der Waals surface area contributed by atoms with Gasteiger partial charge in [-0.25, -0.2) is 8.78 Å². The molecular formula is C31H32F2N4O2S. The summed E-state index contributed by atoms with van der Waals surface area (Å²) in [7, 11) is 0. The van der Waals surface area contributed by atoms with E-state index >= 15 is 0 Å². The van der Waals surface area contributed by atoms with Crippen molar-refractivity contribution in [3.05, 3.63) is 81.7 Å². The first kappa shape index (κ1) is 26.8. The monoisotopic (exact) mass is 562 g/mol. The standard InChI is InChI=1S/C31H32F2N4O2S/c1-17-28(35-18(2)29(17)31(39)37-12-4-5-20(37)15-34-19-8-9-19)14-23-22-13-21(10-11-27(22)36-30(23)38)40-16-24-25(32)6-3-7-26(24)33/h3,6-7,10-11,13-14,19-20,34-35H,4-5,8-9,12,15-16H2,1-2H3,(H,36,38)/b23-14-/t20-/m0/s1. The molecular weight excluding hydrogens is 530 g/mol. The molecule has 1 aromatic heterocycles. The molecule has 0 spiro atoms. The number of nitrogens with zero attached hydrogens (tertiary/aromatic N) is 1. The van der Waals surface area contributed by atoms with Crippen LogP contribution in [0, 0.1) is 25.5 Å². The normalized spacial score (nSPS) is 19.4. The molecule has 2 amide bonds. The van der Waals surface area contributed by atoms with E-state index in [-0.39, 0.29) is 29.2 Å². The molecule has 2 aliphatic heterocycles. The van der Waals surface area contributed by atoms with Gasteiger partial charge in [-0.2, -0.15) is 0 Å². The first-order valence-corrected chi connectivity index (χ1v) is 14.8. The highest BCUT2D eigenvalue weighted by atomic mass is 32.2. The Balaban J connectivity index is 1.24. The highest BCUT2D eigenvalue weighted by Crippen LogP contribution is 2.38. The molecule has 1 saturated carbocycles. The zero-order valence-corrected chi connectivity index (χ0v) is 23.4. The van der Waals surface area contributed by atoms with Gasteiger partial charge in [0.25, 0.3) is 11.8 Å². The van der Waals surface area contributed by atoms with Gasteiger partial charge in [0.1, 0.15) is 11.6 Å². The number of likely N-dealkylation sites (tertiary alicyclic amines) is 1. The Morgan fingerprint density at radius 2 is 1.93 bits per heavy atom. The Hall–Kier alpha value is -3.43. The summed E-state index contributed by atoms with van der Waals surface area (Å²) in [5.74, 6) is -1.22. The third kappa shape index (κ3) is 5.20. The average molecular weight is 563 g/mol. The van der Waals surface area contributed by atoms with Gasteiger partial charge in [0.2, 0.25) is 0 Å². The Morgan fingerprint density at radius 3 is 2.67 bits per heavy atom. The van der Waals surface area contributed by atoms with Gasteiger partial charge in [0, 0.05) is 64.0 Å². The van der Waals surface area contributed by atoms with Crippen LogP contribution in [0.4, 0.5) is 14.5 Å². The maximum atomic E-state index is 14.1. The van der Waals surface area contributed by atoms with Crippen LogP contribution in [0.5, 0.6) is 0 Å². The van der Waals surface area contributed by atoms with Gasteiger partial charge in [-0.15, -0.1) is 11.8 Å². The molecule has 1 saturated heterocycles. The van der Waals surface area contributed by atoms with Crippen LogP contribution in [0.1, 0.15) is 64.1 Å². The lowest BCUT2D eigenvalue weighted by atomic mass is 10.0. The molecule has 2 fully saturated rings. The minimum absolute atomic E-state index is 0.0243. The SMILES string of the molecule is Cc1[nH]c(/C=C2\C(=O)Nc3ccc(SCc4c(F)cccc4F)cc32)c(C)c1C(=O)N1CCC[C@H]1CNC1CC1. The van der Waals surface area contributed by atoms with E-state index in [1.54, 1.807) is 12.1 Å². The molecule has 0 bridgehead atoms. The summed E-state index contributed by atoms with van der Waals surface area (Å²) in [6.07, 6.45) is 6.24. The van der Waals surface area contributed by atoms with E-state index in [2.05, 4.69) is 15.6 Å². The number of aromatic amines is 1. The number of amides is 2. The molecule has 3 aliphatic rings. The second-order valence-electron chi connectivity index (χ2n) is 10.8.